The van der Waals surface area contributed by atoms with E-state index in [0.717, 1.165) is 18.4 Å². The average molecular weight is 372 g/mol. The fourth-order valence-corrected chi connectivity index (χ4v) is 5.16. The molecule has 4 rings (SSSR count). The van der Waals surface area contributed by atoms with E-state index >= 15 is 0 Å². The van der Waals surface area contributed by atoms with E-state index in [9.17, 15) is 9.59 Å². The molecular weight excluding hydrogens is 346 g/mol. The third kappa shape index (κ3) is 3.34. The van der Waals surface area contributed by atoms with Gasteiger partial charge in [0.1, 0.15) is 5.82 Å². The molecule has 0 spiro atoms. The van der Waals surface area contributed by atoms with Gasteiger partial charge >= 0.3 is 0 Å². The van der Waals surface area contributed by atoms with Crippen molar-refractivity contribution in [3.8, 4) is 0 Å². The molecule has 1 amide bonds. The van der Waals surface area contributed by atoms with Crippen molar-refractivity contribution in [1.29, 1.82) is 0 Å². The Hall–Kier alpha value is -1.95. The van der Waals surface area contributed by atoms with Gasteiger partial charge in [0.2, 0.25) is 5.91 Å². The van der Waals surface area contributed by atoms with Gasteiger partial charge in [0.05, 0.1) is 22.6 Å². The van der Waals surface area contributed by atoms with Crippen LogP contribution in [0.15, 0.2) is 29.1 Å². The highest BCUT2D eigenvalue weighted by Crippen LogP contribution is 2.41. The lowest BCUT2D eigenvalue weighted by Gasteiger charge is -2.19. The number of aromatic nitrogens is 2. The molecule has 0 saturated heterocycles. The highest BCUT2D eigenvalue weighted by molar-refractivity contribution is 8.00. The maximum atomic E-state index is 12.9. The van der Waals surface area contributed by atoms with E-state index in [4.69, 9.17) is 0 Å². The van der Waals surface area contributed by atoms with E-state index < -0.39 is 0 Å². The molecule has 5 nitrogen and oxygen atoms in total. The van der Waals surface area contributed by atoms with Crippen LogP contribution < -0.4 is 10.9 Å². The summed E-state index contributed by atoms with van der Waals surface area (Å²) >= 11 is 1.53. The first-order chi connectivity index (χ1) is 12.6. The molecule has 0 radical (unpaired) electrons. The fourth-order valence-electron chi connectivity index (χ4n) is 4.04. The van der Waals surface area contributed by atoms with Gasteiger partial charge in [-0.05, 0) is 25.3 Å². The van der Waals surface area contributed by atoms with Gasteiger partial charge in [-0.3, -0.25) is 19.4 Å². The molecular formula is C20H25N3O2S. The summed E-state index contributed by atoms with van der Waals surface area (Å²) in [6, 6.07) is 8.51. The van der Waals surface area contributed by atoms with Crippen molar-refractivity contribution in [2.45, 2.75) is 56.7 Å². The van der Waals surface area contributed by atoms with Crippen LogP contribution in [0.5, 0.6) is 0 Å². The molecule has 1 aromatic carbocycles. The number of nitrogens with one attached hydrogen (secondary N) is 2. The van der Waals surface area contributed by atoms with Crippen molar-refractivity contribution in [1.82, 2.24) is 9.78 Å². The van der Waals surface area contributed by atoms with Gasteiger partial charge in [0.25, 0.3) is 5.56 Å². The summed E-state index contributed by atoms with van der Waals surface area (Å²) in [6.45, 7) is 2.05. The summed E-state index contributed by atoms with van der Waals surface area (Å²) in [7, 11) is 0. The van der Waals surface area contributed by atoms with Crippen LogP contribution in [0.1, 0.15) is 66.5 Å². The number of nitrogens with zero attached hydrogens (tertiary/aromatic N) is 1. The second-order valence-corrected chi connectivity index (χ2v) is 8.46. The Kier molecular flexibility index (Phi) is 4.94. The number of carbonyl (C=O) groups excluding carboxylic acids is 1. The largest absolute Gasteiger partial charge is 0.310 e. The zero-order valence-electron chi connectivity index (χ0n) is 15.1. The van der Waals surface area contributed by atoms with E-state index in [1.165, 1.54) is 43.0 Å². The third-order valence-electron chi connectivity index (χ3n) is 5.43. The Bertz CT molecular complexity index is 845. The summed E-state index contributed by atoms with van der Waals surface area (Å²) in [5.41, 5.74) is 2.87. The number of amides is 1. The molecule has 26 heavy (non-hydrogen) atoms. The van der Waals surface area contributed by atoms with Gasteiger partial charge in [0, 0.05) is 0 Å². The van der Waals surface area contributed by atoms with Crippen LogP contribution in [0.3, 0.4) is 0 Å². The molecule has 1 aromatic heterocycles. The Morgan fingerprint density at radius 3 is 2.42 bits per heavy atom. The maximum Gasteiger partial charge on any atom is 0.270 e. The number of thioether (sulfide) groups is 1. The number of hydrogen-bond donors (Lipinski definition) is 2. The normalized spacial score (nSPS) is 21.6. The van der Waals surface area contributed by atoms with Gasteiger partial charge in [-0.1, -0.05) is 55.5 Å². The molecule has 2 heterocycles. The van der Waals surface area contributed by atoms with Crippen molar-refractivity contribution in [3.63, 3.8) is 0 Å². The fraction of sp³-hybridized carbons (Fsp3) is 0.500. The van der Waals surface area contributed by atoms with Crippen LogP contribution in [-0.4, -0.2) is 21.4 Å². The predicted octanol–water partition coefficient (Wildman–Crippen LogP) is 4.15. The summed E-state index contributed by atoms with van der Waals surface area (Å²) in [6.07, 6.45) is 6.94. The first-order valence-corrected chi connectivity index (χ1v) is 10.5. The molecule has 0 bridgehead atoms. The second-order valence-electron chi connectivity index (χ2n) is 7.37. The number of rotatable bonds is 2. The molecule has 1 saturated carbocycles. The van der Waals surface area contributed by atoms with Gasteiger partial charge < -0.3 is 5.32 Å². The minimum absolute atomic E-state index is 0.0350. The molecule has 6 heteroatoms. The number of fused-ring (bicyclic) bond motifs is 1. The maximum absolute atomic E-state index is 12.9. The molecule has 2 N–H and O–H groups in total. The number of hydrogen-bond acceptors (Lipinski definition) is 3. The number of aryl methyl sites for hydroxylation is 1. The minimum atomic E-state index is -0.125. The Morgan fingerprint density at radius 2 is 1.73 bits per heavy atom. The van der Waals surface area contributed by atoms with E-state index in [1.807, 2.05) is 4.68 Å². The predicted molar refractivity (Wildman–Crippen MR) is 106 cm³/mol. The van der Waals surface area contributed by atoms with Crippen molar-refractivity contribution in [2.75, 3.05) is 11.1 Å². The average Bonchev–Trinajstić information content (AvgIpc) is 2.83. The van der Waals surface area contributed by atoms with Gasteiger partial charge in [0.15, 0.2) is 0 Å². The molecule has 1 aliphatic heterocycles. The molecule has 2 aromatic rings. The van der Waals surface area contributed by atoms with E-state index in [2.05, 4.69) is 41.6 Å². The number of anilines is 1. The highest BCUT2D eigenvalue weighted by atomic mass is 32.2. The topological polar surface area (TPSA) is 66.9 Å². The van der Waals surface area contributed by atoms with E-state index in [1.54, 1.807) is 0 Å². The Balaban J connectivity index is 1.79. The van der Waals surface area contributed by atoms with E-state index in [0.29, 0.717) is 17.1 Å². The van der Waals surface area contributed by atoms with Gasteiger partial charge in [-0.15, -0.1) is 11.8 Å². The summed E-state index contributed by atoms with van der Waals surface area (Å²) in [4.78, 5) is 25.2. The quantitative estimate of drug-likeness (QED) is 0.779. The smallest absolute Gasteiger partial charge is 0.270 e. The lowest BCUT2D eigenvalue weighted by Crippen LogP contribution is -2.19. The third-order valence-corrected chi connectivity index (χ3v) is 6.70. The number of benzene rings is 1. The number of carbonyl (C=O) groups is 1. The summed E-state index contributed by atoms with van der Waals surface area (Å²) in [5, 5.41) is 5.93. The van der Waals surface area contributed by atoms with Crippen LogP contribution in [0, 0.1) is 6.92 Å². The first kappa shape index (κ1) is 17.5. The van der Waals surface area contributed by atoms with Gasteiger partial charge in [-0.2, -0.15) is 0 Å². The van der Waals surface area contributed by atoms with Crippen LogP contribution in [0.2, 0.25) is 0 Å². The number of H-pyrrole nitrogens is 1. The molecule has 1 atom stereocenters. The minimum Gasteiger partial charge on any atom is -0.310 e. The van der Waals surface area contributed by atoms with Crippen molar-refractivity contribution in [3.05, 3.63) is 51.3 Å². The lowest BCUT2D eigenvalue weighted by molar-refractivity contribution is -0.113. The van der Waals surface area contributed by atoms with Crippen LogP contribution in [0.25, 0.3) is 0 Å². The van der Waals surface area contributed by atoms with Crippen molar-refractivity contribution >= 4 is 23.5 Å². The summed E-state index contributed by atoms with van der Waals surface area (Å²) < 4.78 is 1.95. The second kappa shape index (κ2) is 7.35. The molecule has 138 valence electrons. The van der Waals surface area contributed by atoms with E-state index in [-0.39, 0.29) is 22.8 Å². The van der Waals surface area contributed by atoms with Crippen LogP contribution in [0.4, 0.5) is 5.82 Å². The molecule has 2 aliphatic rings. The highest BCUT2D eigenvalue weighted by Gasteiger charge is 2.32. The summed E-state index contributed by atoms with van der Waals surface area (Å²) in [5.74, 6) is 1.01. The van der Waals surface area contributed by atoms with Gasteiger partial charge in [-0.25, -0.2) is 0 Å². The zero-order valence-corrected chi connectivity index (χ0v) is 15.9. The lowest BCUT2D eigenvalue weighted by atomic mass is 10.0. The molecule has 0 unspecified atom stereocenters. The Morgan fingerprint density at radius 1 is 1.04 bits per heavy atom. The SMILES string of the molecule is Cc1ccc([C@H]2SCC(=O)Nc3c2c(=O)[nH]n3C2CCCCCC2)cc1. The Labute approximate surface area is 157 Å². The van der Waals surface area contributed by atoms with Crippen molar-refractivity contribution < 1.29 is 4.79 Å². The van der Waals surface area contributed by atoms with Crippen molar-refractivity contribution in [2.24, 2.45) is 0 Å². The molecule has 1 aliphatic carbocycles. The first-order valence-electron chi connectivity index (χ1n) is 9.46. The monoisotopic (exact) mass is 371 g/mol. The van der Waals surface area contributed by atoms with Crippen LogP contribution >= 0.6 is 11.8 Å². The zero-order chi connectivity index (χ0) is 18.1. The standard InChI is InChI=1S/C20H25N3O2S/c1-13-8-10-14(11-9-13)18-17-19(21-16(24)12-26-18)23(22-20(17)25)15-6-4-2-3-5-7-15/h8-11,15,18H,2-7,12H2,1H3,(H,21,24)(H,22,25)/t18-/m1/s1. The number of aromatic amines is 1. The molecule has 1 fully saturated rings. The van der Waals surface area contributed by atoms with Crippen LogP contribution in [-0.2, 0) is 4.79 Å².